The predicted molar refractivity (Wildman–Crippen MR) is 137 cm³/mol. The van der Waals surface area contributed by atoms with Gasteiger partial charge in [0, 0.05) is 0 Å². The summed E-state index contributed by atoms with van der Waals surface area (Å²) in [5.41, 5.74) is 0.457. The molecule has 0 saturated carbocycles. The van der Waals surface area contributed by atoms with Gasteiger partial charge in [-0.3, -0.25) is 0 Å². The van der Waals surface area contributed by atoms with Crippen LogP contribution in [0, 0.1) is 0 Å². The second-order valence-corrected chi connectivity index (χ2v) is 8.88. The molecule has 4 heteroatoms. The van der Waals surface area contributed by atoms with Gasteiger partial charge in [-0.25, -0.2) is 4.79 Å². The Hall–Kier alpha value is -2.33. The number of benzene rings is 2. The van der Waals surface area contributed by atoms with E-state index < -0.39 is 5.97 Å². The predicted octanol–water partition coefficient (Wildman–Crippen LogP) is 6.98. The minimum absolute atomic E-state index is 0.182. The van der Waals surface area contributed by atoms with Gasteiger partial charge in [-0.2, -0.15) is 0 Å². The van der Waals surface area contributed by atoms with Crippen molar-refractivity contribution in [2.45, 2.75) is 79.1 Å². The first-order valence-corrected chi connectivity index (χ1v) is 12.9. The van der Waals surface area contributed by atoms with Crippen molar-refractivity contribution < 1.29 is 19.1 Å². The van der Waals surface area contributed by atoms with Crippen LogP contribution in [0.1, 0.15) is 89.4 Å². The number of ether oxygens (including phenoxy) is 1. The molecule has 0 radical (unpaired) electrons. The maximum absolute atomic E-state index is 11.6. The molecule has 33 heavy (non-hydrogen) atoms. The standard InChI is InChI=1S/C16H36N.C13H10O3/c1-5-9-13-17(14-10-6-2,15-11-7-3)16-12-8-4;14-11-7-4-8-12(9-11)16-13(15)10-5-2-1-3-6-10/h5-16H2,1-4H3;1-9,14H/q+1;/p-1. The number of quaternary nitrogens is 1. The van der Waals surface area contributed by atoms with Crippen molar-refractivity contribution >= 4 is 5.97 Å². The van der Waals surface area contributed by atoms with Gasteiger partial charge < -0.3 is 14.3 Å². The summed E-state index contributed by atoms with van der Waals surface area (Å²) in [5, 5.41) is 11.0. The molecule has 0 atom stereocenters. The molecular weight excluding hydrogens is 410 g/mol. The Balaban J connectivity index is 0.000000330. The molecule has 0 N–H and O–H groups in total. The van der Waals surface area contributed by atoms with Crippen LogP contribution in [-0.4, -0.2) is 36.6 Å². The third-order valence-electron chi connectivity index (χ3n) is 5.97. The highest BCUT2D eigenvalue weighted by Gasteiger charge is 2.24. The molecular formula is C29H45NO3. The summed E-state index contributed by atoms with van der Waals surface area (Å²) in [6.45, 7) is 15.0. The van der Waals surface area contributed by atoms with Crippen molar-refractivity contribution in [1.82, 2.24) is 0 Å². The van der Waals surface area contributed by atoms with Crippen LogP contribution in [-0.2, 0) is 0 Å². The highest BCUT2D eigenvalue weighted by molar-refractivity contribution is 5.90. The SMILES string of the molecule is CCCC[N+](CCCC)(CCCC)CCCC.O=C(Oc1cccc([O-])c1)c1ccccc1. The van der Waals surface area contributed by atoms with Crippen LogP contribution >= 0.6 is 0 Å². The van der Waals surface area contributed by atoms with Crippen LogP contribution < -0.4 is 9.84 Å². The van der Waals surface area contributed by atoms with Crippen molar-refractivity contribution in [2.24, 2.45) is 0 Å². The first kappa shape index (κ1) is 28.7. The summed E-state index contributed by atoms with van der Waals surface area (Å²) in [4.78, 5) is 11.6. The third kappa shape index (κ3) is 11.9. The van der Waals surface area contributed by atoms with Crippen molar-refractivity contribution in [2.75, 3.05) is 26.2 Å². The highest BCUT2D eigenvalue weighted by atomic mass is 16.5. The molecule has 184 valence electrons. The van der Waals surface area contributed by atoms with Gasteiger partial charge in [0.2, 0.25) is 0 Å². The normalized spacial score (nSPS) is 10.9. The van der Waals surface area contributed by atoms with E-state index in [1.807, 2.05) is 6.07 Å². The fourth-order valence-corrected chi connectivity index (χ4v) is 3.92. The number of rotatable bonds is 14. The summed E-state index contributed by atoms with van der Waals surface area (Å²) < 4.78 is 6.46. The Bertz CT molecular complexity index is 723. The molecule has 4 nitrogen and oxygen atoms in total. The van der Waals surface area contributed by atoms with E-state index in [0.717, 1.165) is 0 Å². The van der Waals surface area contributed by atoms with E-state index >= 15 is 0 Å². The van der Waals surface area contributed by atoms with E-state index in [-0.39, 0.29) is 11.5 Å². The van der Waals surface area contributed by atoms with Gasteiger partial charge in [0.1, 0.15) is 5.75 Å². The number of carbonyl (C=O) groups excluding carboxylic acids is 1. The Kier molecular flexibility index (Phi) is 14.9. The molecule has 0 heterocycles. The fraction of sp³-hybridized carbons (Fsp3) is 0.552. The molecule has 0 spiro atoms. The van der Waals surface area contributed by atoms with E-state index in [4.69, 9.17) is 4.74 Å². The van der Waals surface area contributed by atoms with Crippen LogP contribution in [0.2, 0.25) is 0 Å². The van der Waals surface area contributed by atoms with Gasteiger partial charge in [0.05, 0.1) is 31.7 Å². The van der Waals surface area contributed by atoms with E-state index in [2.05, 4.69) is 27.7 Å². The van der Waals surface area contributed by atoms with E-state index in [1.54, 1.807) is 36.4 Å². The van der Waals surface area contributed by atoms with Crippen LogP contribution in [0.25, 0.3) is 0 Å². The molecule has 0 aliphatic rings. The highest BCUT2D eigenvalue weighted by Crippen LogP contribution is 2.17. The Morgan fingerprint density at radius 1 is 0.727 bits per heavy atom. The Morgan fingerprint density at radius 2 is 1.21 bits per heavy atom. The van der Waals surface area contributed by atoms with Gasteiger partial charge in [-0.1, -0.05) is 83.7 Å². The zero-order valence-corrected chi connectivity index (χ0v) is 21.4. The van der Waals surface area contributed by atoms with Crippen molar-refractivity contribution in [3.8, 4) is 11.5 Å². The first-order valence-electron chi connectivity index (χ1n) is 12.9. The fourth-order valence-electron chi connectivity index (χ4n) is 3.92. The van der Waals surface area contributed by atoms with E-state index in [0.29, 0.717) is 5.56 Å². The lowest BCUT2D eigenvalue weighted by Crippen LogP contribution is -2.50. The van der Waals surface area contributed by atoms with E-state index in [9.17, 15) is 9.90 Å². The zero-order chi connectivity index (χ0) is 24.4. The van der Waals surface area contributed by atoms with Crippen molar-refractivity contribution in [3.63, 3.8) is 0 Å². The van der Waals surface area contributed by atoms with Gasteiger partial charge in [0.15, 0.2) is 0 Å². The second kappa shape index (κ2) is 17.2. The zero-order valence-electron chi connectivity index (χ0n) is 21.4. The van der Waals surface area contributed by atoms with Crippen LogP contribution in [0.15, 0.2) is 54.6 Å². The number of unbranched alkanes of at least 4 members (excludes halogenated alkanes) is 4. The topological polar surface area (TPSA) is 49.4 Å². The van der Waals surface area contributed by atoms with Gasteiger partial charge in [-0.15, -0.1) is 5.75 Å². The summed E-state index contributed by atoms with van der Waals surface area (Å²) in [6.07, 6.45) is 11.1. The molecule has 0 saturated heterocycles. The number of hydrogen-bond acceptors (Lipinski definition) is 3. The van der Waals surface area contributed by atoms with Gasteiger partial charge in [-0.05, 0) is 49.9 Å². The molecule has 0 amide bonds. The summed E-state index contributed by atoms with van der Waals surface area (Å²) in [6, 6.07) is 14.4. The summed E-state index contributed by atoms with van der Waals surface area (Å²) in [7, 11) is 0. The number of esters is 1. The quantitative estimate of drug-likeness (QED) is 0.175. The summed E-state index contributed by atoms with van der Waals surface area (Å²) in [5.74, 6) is -0.383. The molecule has 2 aromatic rings. The van der Waals surface area contributed by atoms with E-state index in [1.165, 1.54) is 94.2 Å². The lowest BCUT2D eigenvalue weighted by Gasteiger charge is -2.39. The van der Waals surface area contributed by atoms with Gasteiger partial charge >= 0.3 is 5.97 Å². The Morgan fingerprint density at radius 3 is 1.64 bits per heavy atom. The molecule has 0 aromatic heterocycles. The minimum Gasteiger partial charge on any atom is -0.872 e. The Labute approximate surface area is 202 Å². The summed E-state index contributed by atoms with van der Waals surface area (Å²) >= 11 is 0. The lowest BCUT2D eigenvalue weighted by molar-refractivity contribution is -0.929. The molecule has 0 aliphatic heterocycles. The number of hydrogen-bond donors (Lipinski definition) is 0. The van der Waals surface area contributed by atoms with Crippen LogP contribution in [0.3, 0.4) is 0 Å². The maximum atomic E-state index is 11.6. The largest absolute Gasteiger partial charge is 0.872 e. The second-order valence-electron chi connectivity index (χ2n) is 8.88. The van der Waals surface area contributed by atoms with Crippen LogP contribution in [0.5, 0.6) is 11.5 Å². The van der Waals surface area contributed by atoms with Crippen LogP contribution in [0.4, 0.5) is 0 Å². The average molecular weight is 456 g/mol. The number of nitrogens with zero attached hydrogens (tertiary/aromatic N) is 1. The number of carbonyl (C=O) groups is 1. The average Bonchev–Trinajstić information content (AvgIpc) is 2.84. The minimum atomic E-state index is -0.466. The first-order chi connectivity index (χ1) is 16.0. The molecule has 0 unspecified atom stereocenters. The van der Waals surface area contributed by atoms with Crippen molar-refractivity contribution in [1.29, 1.82) is 0 Å². The molecule has 0 bridgehead atoms. The maximum Gasteiger partial charge on any atom is 0.343 e. The molecule has 0 aliphatic carbocycles. The van der Waals surface area contributed by atoms with Gasteiger partial charge in [0.25, 0.3) is 0 Å². The third-order valence-corrected chi connectivity index (χ3v) is 5.97. The molecule has 0 fully saturated rings. The lowest BCUT2D eigenvalue weighted by atomic mass is 10.1. The van der Waals surface area contributed by atoms with Crippen molar-refractivity contribution in [3.05, 3.63) is 60.2 Å². The molecule has 2 rings (SSSR count). The smallest absolute Gasteiger partial charge is 0.343 e. The molecule has 2 aromatic carbocycles. The monoisotopic (exact) mass is 455 g/mol.